The van der Waals surface area contributed by atoms with Crippen LogP contribution in [0, 0.1) is 3.57 Å². The molecular weight excluding hydrogens is 340 g/mol. The fraction of sp³-hybridized carbons (Fsp3) is 0.333. The number of aromatic amines is 1. The van der Waals surface area contributed by atoms with Gasteiger partial charge in [0.05, 0.1) is 9.26 Å². The van der Waals surface area contributed by atoms with E-state index in [1.165, 1.54) is 19.2 Å². The number of nitrogens with one attached hydrogen (secondary N) is 1. The molecule has 1 saturated carbocycles. The van der Waals surface area contributed by atoms with Gasteiger partial charge in [0.1, 0.15) is 11.5 Å². The van der Waals surface area contributed by atoms with Crippen molar-refractivity contribution < 1.29 is 0 Å². The first kappa shape index (κ1) is 10.4. The van der Waals surface area contributed by atoms with Crippen molar-refractivity contribution >= 4 is 34.2 Å². The lowest BCUT2D eigenvalue weighted by atomic mass is 10.3. The summed E-state index contributed by atoms with van der Waals surface area (Å²) in [5.41, 5.74) is 1.03. The Morgan fingerprint density at radius 1 is 1.38 bits per heavy atom. The molecule has 5 nitrogen and oxygen atoms in total. The topological polar surface area (TPSA) is 67.3 Å². The molecule has 3 rings (SSSR count). The van der Waals surface area contributed by atoms with Gasteiger partial charge in [0.15, 0.2) is 11.6 Å². The Balaban J connectivity index is 2.13. The maximum absolute atomic E-state index is 6.09. The van der Waals surface area contributed by atoms with Crippen molar-refractivity contribution in [2.24, 2.45) is 0 Å². The lowest BCUT2D eigenvalue weighted by molar-refractivity contribution is 0.961. The van der Waals surface area contributed by atoms with Crippen molar-refractivity contribution in [2.75, 3.05) is 0 Å². The SMILES string of the molecule is Clc1nc(-c2ncn[nH]2)nc(C2CC2)c1I. The van der Waals surface area contributed by atoms with Crippen molar-refractivity contribution in [1.82, 2.24) is 25.1 Å². The minimum Gasteiger partial charge on any atom is -0.257 e. The fourth-order valence-corrected chi connectivity index (χ4v) is 2.34. The van der Waals surface area contributed by atoms with Gasteiger partial charge in [-0.3, -0.25) is 5.10 Å². The molecule has 2 aromatic heterocycles. The predicted molar refractivity (Wildman–Crippen MR) is 67.1 cm³/mol. The second-order valence-corrected chi connectivity index (χ2v) is 5.08. The second kappa shape index (κ2) is 3.92. The summed E-state index contributed by atoms with van der Waals surface area (Å²) in [6, 6.07) is 0. The zero-order valence-corrected chi connectivity index (χ0v) is 11.0. The first-order chi connectivity index (χ1) is 7.75. The number of nitrogens with zero attached hydrogens (tertiary/aromatic N) is 4. The van der Waals surface area contributed by atoms with E-state index in [0.29, 0.717) is 22.7 Å². The zero-order valence-electron chi connectivity index (χ0n) is 8.11. The zero-order chi connectivity index (χ0) is 11.1. The van der Waals surface area contributed by atoms with Crippen LogP contribution in [0.3, 0.4) is 0 Å². The minimum atomic E-state index is 0.490. The van der Waals surface area contributed by atoms with Gasteiger partial charge in [0, 0.05) is 5.92 Å². The van der Waals surface area contributed by atoms with E-state index in [-0.39, 0.29) is 0 Å². The highest BCUT2D eigenvalue weighted by molar-refractivity contribution is 14.1. The third-order valence-corrected chi connectivity index (χ3v) is 4.08. The van der Waals surface area contributed by atoms with Crippen LogP contribution >= 0.6 is 34.2 Å². The van der Waals surface area contributed by atoms with Crippen LogP contribution in [0.15, 0.2) is 6.33 Å². The number of rotatable bonds is 2. The van der Waals surface area contributed by atoms with Crippen molar-refractivity contribution in [3.8, 4) is 11.6 Å². The summed E-state index contributed by atoms with van der Waals surface area (Å²) in [4.78, 5) is 12.7. The van der Waals surface area contributed by atoms with Gasteiger partial charge in [0.25, 0.3) is 0 Å². The third-order valence-electron chi connectivity index (χ3n) is 2.43. The monoisotopic (exact) mass is 347 g/mol. The van der Waals surface area contributed by atoms with Crippen LogP contribution in [-0.2, 0) is 0 Å². The van der Waals surface area contributed by atoms with Crippen LogP contribution < -0.4 is 0 Å². The average molecular weight is 348 g/mol. The molecule has 1 aliphatic carbocycles. The summed E-state index contributed by atoms with van der Waals surface area (Å²) in [5, 5.41) is 7.01. The van der Waals surface area contributed by atoms with E-state index in [4.69, 9.17) is 11.6 Å². The molecule has 0 amide bonds. The molecule has 1 N–H and O–H groups in total. The van der Waals surface area contributed by atoms with E-state index >= 15 is 0 Å². The van der Waals surface area contributed by atoms with Crippen LogP contribution in [0.25, 0.3) is 11.6 Å². The van der Waals surface area contributed by atoms with Gasteiger partial charge in [-0.25, -0.2) is 15.0 Å². The highest BCUT2D eigenvalue weighted by Gasteiger charge is 2.29. The second-order valence-electron chi connectivity index (χ2n) is 3.65. The number of aromatic nitrogens is 5. The van der Waals surface area contributed by atoms with Crippen LogP contribution in [0.1, 0.15) is 24.5 Å². The van der Waals surface area contributed by atoms with Crippen molar-refractivity contribution in [2.45, 2.75) is 18.8 Å². The number of hydrogen-bond acceptors (Lipinski definition) is 4. The molecule has 2 aromatic rings. The summed E-state index contributed by atoms with van der Waals surface area (Å²) in [6.07, 6.45) is 3.79. The molecule has 0 saturated heterocycles. The molecule has 1 aliphatic rings. The lowest BCUT2D eigenvalue weighted by Crippen LogP contribution is -2.00. The number of halogens is 2. The summed E-state index contributed by atoms with van der Waals surface area (Å²) >= 11 is 8.28. The van der Waals surface area contributed by atoms with Gasteiger partial charge < -0.3 is 0 Å². The van der Waals surface area contributed by atoms with E-state index in [2.05, 4.69) is 47.7 Å². The Kier molecular flexibility index (Phi) is 2.55. The standard InChI is InChI=1S/C9H7ClIN5/c10-7-5(11)6(4-1-2-4)14-9(15-7)8-12-3-13-16-8/h3-4H,1-2H2,(H,12,13,16). The summed E-state index contributed by atoms with van der Waals surface area (Å²) < 4.78 is 0.949. The third kappa shape index (κ3) is 1.80. The van der Waals surface area contributed by atoms with Crippen LogP contribution in [0.4, 0.5) is 0 Å². The summed E-state index contributed by atoms with van der Waals surface area (Å²) in [7, 11) is 0. The highest BCUT2D eigenvalue weighted by atomic mass is 127. The molecule has 0 atom stereocenters. The molecule has 0 aliphatic heterocycles. The Labute approximate surface area is 110 Å². The van der Waals surface area contributed by atoms with Crippen molar-refractivity contribution in [3.63, 3.8) is 0 Å². The van der Waals surface area contributed by atoms with E-state index in [1.807, 2.05) is 0 Å². The van der Waals surface area contributed by atoms with Crippen molar-refractivity contribution in [3.05, 3.63) is 20.7 Å². The van der Waals surface area contributed by atoms with Crippen molar-refractivity contribution in [1.29, 1.82) is 0 Å². The Morgan fingerprint density at radius 3 is 2.81 bits per heavy atom. The molecule has 0 radical (unpaired) electrons. The van der Waals surface area contributed by atoms with E-state index in [0.717, 1.165) is 9.26 Å². The molecule has 0 spiro atoms. The maximum Gasteiger partial charge on any atom is 0.198 e. The van der Waals surface area contributed by atoms with E-state index in [1.54, 1.807) is 0 Å². The van der Waals surface area contributed by atoms with Crippen LogP contribution in [-0.4, -0.2) is 25.1 Å². The van der Waals surface area contributed by atoms with Crippen LogP contribution in [0.2, 0.25) is 5.15 Å². The number of H-pyrrole nitrogens is 1. The van der Waals surface area contributed by atoms with Gasteiger partial charge in [-0.05, 0) is 35.4 Å². The van der Waals surface area contributed by atoms with Gasteiger partial charge in [0.2, 0.25) is 0 Å². The molecule has 0 bridgehead atoms. The lowest BCUT2D eigenvalue weighted by Gasteiger charge is -2.05. The number of hydrogen-bond donors (Lipinski definition) is 1. The smallest absolute Gasteiger partial charge is 0.198 e. The van der Waals surface area contributed by atoms with Gasteiger partial charge in [-0.15, -0.1) is 0 Å². The van der Waals surface area contributed by atoms with Crippen LogP contribution in [0.5, 0.6) is 0 Å². The summed E-state index contributed by atoms with van der Waals surface area (Å²) in [5.74, 6) is 1.61. The largest absolute Gasteiger partial charge is 0.257 e. The first-order valence-corrected chi connectivity index (χ1v) is 6.30. The quantitative estimate of drug-likeness (QED) is 0.669. The molecular formula is C9H7ClIN5. The van der Waals surface area contributed by atoms with Gasteiger partial charge in [-0.1, -0.05) is 11.6 Å². The molecule has 16 heavy (non-hydrogen) atoms. The normalized spacial score (nSPS) is 15.4. The average Bonchev–Trinajstić information content (AvgIpc) is 2.96. The fourth-order valence-electron chi connectivity index (χ4n) is 1.48. The highest BCUT2D eigenvalue weighted by Crippen LogP contribution is 2.42. The van der Waals surface area contributed by atoms with Gasteiger partial charge >= 0.3 is 0 Å². The Hall–Kier alpha value is -0.760. The Morgan fingerprint density at radius 2 is 2.19 bits per heavy atom. The summed E-state index contributed by atoms with van der Waals surface area (Å²) in [6.45, 7) is 0. The maximum atomic E-state index is 6.09. The first-order valence-electron chi connectivity index (χ1n) is 4.84. The van der Waals surface area contributed by atoms with E-state index < -0.39 is 0 Å². The Bertz CT molecular complexity index is 523. The molecule has 7 heteroatoms. The molecule has 0 unspecified atom stereocenters. The van der Waals surface area contributed by atoms with Gasteiger partial charge in [-0.2, -0.15) is 5.10 Å². The predicted octanol–water partition coefficient (Wildman–Crippen LogP) is 2.40. The van der Waals surface area contributed by atoms with E-state index in [9.17, 15) is 0 Å². The molecule has 1 fully saturated rings. The minimum absolute atomic E-state index is 0.490. The molecule has 0 aromatic carbocycles. The molecule has 2 heterocycles. The molecule has 82 valence electrons.